The van der Waals surface area contributed by atoms with E-state index in [9.17, 15) is 49.8 Å². The molecule has 8 aromatic heterocycles. The van der Waals surface area contributed by atoms with E-state index in [4.69, 9.17) is 36.6 Å². The van der Waals surface area contributed by atoms with Gasteiger partial charge in [0.25, 0.3) is 0 Å². The van der Waals surface area contributed by atoms with Crippen LogP contribution in [0.15, 0.2) is 183 Å². The van der Waals surface area contributed by atoms with Crippen molar-refractivity contribution in [2.75, 3.05) is 41.3 Å². The molecule has 0 aliphatic carbocycles. The van der Waals surface area contributed by atoms with E-state index in [2.05, 4.69) is 19.9 Å². The van der Waals surface area contributed by atoms with Crippen molar-refractivity contribution in [1.82, 2.24) is 29.7 Å². The van der Waals surface area contributed by atoms with Crippen molar-refractivity contribution in [2.24, 2.45) is 0 Å². The number of nitrogens with zero attached hydrogens (tertiary/aromatic N) is 5. The summed E-state index contributed by atoms with van der Waals surface area (Å²) in [6.45, 7) is 30.1. The lowest BCUT2D eigenvalue weighted by molar-refractivity contribution is 0.156. The summed E-state index contributed by atoms with van der Waals surface area (Å²) in [6, 6.07) is 14.3. The molecule has 124 heavy (non-hydrogen) atoms. The predicted molar refractivity (Wildman–Crippen MR) is 487 cm³/mol. The number of allylic oxidation sites excluding steroid dienone is 4. The maximum absolute atomic E-state index is 13.6. The summed E-state index contributed by atoms with van der Waals surface area (Å²) in [5, 5.41) is 66.4. The number of nitrogens with one attached hydrogen (secondary N) is 1. The average molecular weight is 1680 g/mol. The number of pyridine rings is 3. The smallest absolute Gasteiger partial charge is 0.204 e. The summed E-state index contributed by atoms with van der Waals surface area (Å²) >= 11 is 0. The third-order valence-electron chi connectivity index (χ3n) is 22.1. The molecule has 12 heterocycles. The third-order valence-corrected chi connectivity index (χ3v) is 22.1. The number of phenolic OH excluding ortho intramolecular Hbond substituents is 4. The first kappa shape index (κ1) is 86.7. The van der Waals surface area contributed by atoms with E-state index in [0.717, 1.165) is 33.3 Å². The summed E-state index contributed by atoms with van der Waals surface area (Å²) < 4.78 is 48.4. The number of fused-ring (bicyclic) bond motifs is 13. The number of rotatable bonds is 14. The number of hydrogen-bond donors (Lipinski definition) is 7. The summed E-state index contributed by atoms with van der Waals surface area (Å²) in [5.41, 5.74) is 11.0. The molecule has 0 fully saturated rings. The Kier molecular flexibility index (Phi) is 23.5. The van der Waals surface area contributed by atoms with Crippen molar-refractivity contribution in [3.8, 4) is 102 Å². The highest BCUT2D eigenvalue weighted by atomic mass is 16.5. The number of aromatic amines is 1. The zero-order valence-electron chi connectivity index (χ0n) is 73.1. The number of aromatic hydroxyl groups is 6. The number of ether oxygens (including phenoxy) is 4. The number of hydrogen-bond acceptors (Lipinski definition) is 23. The van der Waals surface area contributed by atoms with Crippen LogP contribution in [0.2, 0.25) is 0 Å². The second-order valence-electron chi connectivity index (χ2n) is 34.9. The summed E-state index contributed by atoms with van der Waals surface area (Å²) in [5.74, 6) is 1.69. The molecule has 24 heteroatoms. The van der Waals surface area contributed by atoms with Crippen LogP contribution in [-0.4, -0.2) is 124 Å². The maximum Gasteiger partial charge on any atom is 0.204 e. The van der Waals surface area contributed by atoms with Crippen LogP contribution < -0.4 is 40.7 Å². The van der Waals surface area contributed by atoms with Crippen LogP contribution >= 0.6 is 0 Å². The van der Waals surface area contributed by atoms with Crippen LogP contribution in [0.1, 0.15) is 145 Å². The van der Waals surface area contributed by atoms with Gasteiger partial charge in [-0.1, -0.05) is 35.4 Å². The molecule has 0 radical (unpaired) electrons. The van der Waals surface area contributed by atoms with Gasteiger partial charge >= 0.3 is 0 Å². The van der Waals surface area contributed by atoms with Crippen LogP contribution in [0, 0.1) is 20.8 Å². The second-order valence-corrected chi connectivity index (χ2v) is 34.9. The first-order valence-electron chi connectivity index (χ1n) is 40.9. The van der Waals surface area contributed by atoms with E-state index >= 15 is 0 Å². The quantitative estimate of drug-likeness (QED) is 0.0497. The van der Waals surface area contributed by atoms with E-state index < -0.39 is 33.3 Å². The van der Waals surface area contributed by atoms with Gasteiger partial charge in [0.1, 0.15) is 126 Å². The van der Waals surface area contributed by atoms with Gasteiger partial charge in [-0.05, 0) is 254 Å². The highest BCUT2D eigenvalue weighted by Gasteiger charge is 2.37. The maximum atomic E-state index is 13.6. The lowest BCUT2D eigenvalue weighted by Crippen LogP contribution is -2.29. The minimum Gasteiger partial charge on any atom is -0.507 e. The average Bonchev–Trinajstić information content (AvgIpc) is 0.844. The van der Waals surface area contributed by atoms with Crippen molar-refractivity contribution in [3.63, 3.8) is 0 Å². The lowest BCUT2D eigenvalue weighted by Gasteiger charge is -2.30. The molecule has 5 aromatic carbocycles. The van der Waals surface area contributed by atoms with Crippen LogP contribution in [0.4, 0.5) is 0 Å². The van der Waals surface area contributed by atoms with Crippen LogP contribution in [0.3, 0.4) is 0 Å². The fourth-order valence-electron chi connectivity index (χ4n) is 15.1. The number of likely N-dealkylation sites (N-methyl/N-ethyl adjacent to an activating group) is 2. The Hall–Kier alpha value is -13.7. The Labute approximate surface area is 716 Å². The first-order valence-corrected chi connectivity index (χ1v) is 40.9. The minimum atomic E-state index is -0.557. The molecule has 4 aliphatic rings. The molecule has 7 N–H and O–H groups in total. The number of aryl methyl sites for hydroxylation is 3. The Balaban J connectivity index is 0.000000135. The highest BCUT2D eigenvalue weighted by molar-refractivity contribution is 6.01. The van der Waals surface area contributed by atoms with Crippen molar-refractivity contribution in [1.29, 1.82) is 0 Å². The fraction of sp³-hybridized carbons (Fsp3) is 0.290. The molecule has 24 nitrogen and oxygen atoms in total. The second kappa shape index (κ2) is 33.6. The van der Waals surface area contributed by atoms with E-state index in [1.54, 1.807) is 20.0 Å². The molecule has 0 spiro atoms. The number of phenols is 4. The van der Waals surface area contributed by atoms with Gasteiger partial charge in [0, 0.05) is 88.0 Å². The van der Waals surface area contributed by atoms with Gasteiger partial charge < -0.3 is 82.0 Å². The molecule has 0 amide bonds. The Morgan fingerprint density at radius 2 is 0.734 bits per heavy atom. The fourth-order valence-corrected chi connectivity index (χ4v) is 15.1. The van der Waals surface area contributed by atoms with Gasteiger partial charge in [0.05, 0.1) is 55.9 Å². The summed E-state index contributed by atoms with van der Waals surface area (Å²) in [7, 11) is 7.81. The van der Waals surface area contributed by atoms with Gasteiger partial charge in [-0.25, -0.2) is 0 Å². The molecule has 640 valence electrons. The number of aromatic nitrogens is 4. The lowest BCUT2D eigenvalue weighted by atomic mass is 9.93. The molecule has 4 aliphatic heterocycles. The van der Waals surface area contributed by atoms with Gasteiger partial charge in [-0.2, -0.15) is 0 Å². The van der Waals surface area contributed by atoms with Crippen LogP contribution in [-0.2, 0) is 25.7 Å². The van der Waals surface area contributed by atoms with Crippen LogP contribution in [0.5, 0.6) is 57.5 Å². The molecule has 0 atom stereocenters. The van der Waals surface area contributed by atoms with Gasteiger partial charge in [0.15, 0.2) is 22.3 Å². The monoisotopic (exact) mass is 1670 g/mol. The van der Waals surface area contributed by atoms with E-state index in [1.807, 2.05) is 231 Å². The van der Waals surface area contributed by atoms with Gasteiger partial charge in [-0.15, -0.1) is 0 Å². The molecule has 13 aromatic rings. The molecule has 0 bridgehead atoms. The van der Waals surface area contributed by atoms with E-state index in [1.165, 1.54) is 49.6 Å². The topological polar surface area (TPSA) is 340 Å². The van der Waals surface area contributed by atoms with Crippen molar-refractivity contribution in [3.05, 3.63) is 248 Å². The van der Waals surface area contributed by atoms with Gasteiger partial charge in [0.2, 0.25) is 21.7 Å². The van der Waals surface area contributed by atoms with Crippen molar-refractivity contribution >= 4 is 79.1 Å². The number of benzene rings is 5. The Bertz CT molecular complexity index is 6950. The zero-order chi connectivity index (χ0) is 89.2. The first-order chi connectivity index (χ1) is 58.6. The van der Waals surface area contributed by atoms with Crippen LogP contribution in [0.25, 0.3) is 124 Å². The predicted octanol–water partition coefficient (Wildman–Crippen LogP) is 19.6. The molecule has 0 saturated heterocycles. The van der Waals surface area contributed by atoms with Gasteiger partial charge in [-0.3, -0.25) is 34.1 Å². The minimum absolute atomic E-state index is 0.0168. The molecule has 17 rings (SSSR count). The van der Waals surface area contributed by atoms with E-state index in [0.29, 0.717) is 157 Å². The number of H-pyrrole nitrogens is 1. The standard InChI is InChI=1S/C27H25NO4.C25H25NO5.C24H26N2O5.C24H26N2O4/c1-15(2)5-7-18-23(29)22-24(30)20(16-6-8-21-17(13-16)10-12-28-21)14-31-26(22)19-9-11-27(3,4)32-25(18)19;1-13(2)6-7-16-21(28)20-22(29)18(15-10-19(27)14(3)26-11-15)12-30-24(20)17-8-9-25(4,5)31-23(16)17;1-13-18(27)10-14(11-25-13)17-12-30-23-16-6-8-24(2,3)31-22(16)15(7-9-26(4)5)20(28)19(23)21(17)29;1-14-6-7-15(12-25-14)18-13-29-23-17-8-10-24(2,3)30-22(17)16(9-11-26(4)5)20(27)19(23)21(18)28/h5-6,8-14,28-29H,7H2,1-4H3;6,8-12,27-28H,7H2,1-5H3;6,8,10-12,27-28H,7,9H2,1-5H3;6-8,10,12-13,27H,9,11H2,1-5H3. The SMILES string of the molecule is CC(C)=CCc1c2c(c3occ(-c4ccc5[nH]ccc5c4)c(=O)c3c1O)C=CC(C)(C)O2.CC(C)=CCc1c2c(c3occ(-c4cnc(C)c(O)c4)c(=O)c3c1O)C=CC(C)(C)O2.Cc1ccc(-c2coc3c4c(c(CCN(C)C)c(O)c3c2=O)OC(C)(C)C=C4)cn1.Cc1ncc(-c2coc3c4c(c(CCN(C)C)c(O)c3c2=O)OC(C)(C)C=C4)cc1O. The summed E-state index contributed by atoms with van der Waals surface area (Å²) in [6.07, 6.45) is 33.2. The van der Waals surface area contributed by atoms with E-state index in [-0.39, 0.29) is 89.2 Å². The third kappa shape index (κ3) is 17.2. The molecule has 0 unspecified atom stereocenters. The molecular formula is C100H102N6O18. The zero-order valence-corrected chi connectivity index (χ0v) is 73.1. The Morgan fingerprint density at radius 1 is 0.411 bits per heavy atom. The van der Waals surface area contributed by atoms with Crippen molar-refractivity contribution in [2.45, 2.75) is 152 Å². The molecular weight excluding hydrogens is 1570 g/mol. The largest absolute Gasteiger partial charge is 0.507 e. The summed E-state index contributed by atoms with van der Waals surface area (Å²) in [4.78, 5) is 73.6. The van der Waals surface area contributed by atoms with Crippen molar-refractivity contribution < 1.29 is 67.3 Å². The molecule has 0 saturated carbocycles. The normalized spacial score (nSPS) is 14.5. The Morgan fingerprint density at radius 3 is 1.06 bits per heavy atom. The highest BCUT2D eigenvalue weighted by Crippen LogP contribution is 2.50.